The van der Waals surface area contributed by atoms with Gasteiger partial charge in [0.15, 0.2) is 12.2 Å². The maximum atomic E-state index is 4.91. The highest BCUT2D eigenvalue weighted by Crippen LogP contribution is 2.19. The number of nitrogens with zero attached hydrogens (tertiary/aromatic N) is 3. The predicted octanol–water partition coefficient (Wildman–Crippen LogP) is 0.878. The van der Waals surface area contributed by atoms with Crippen molar-refractivity contribution < 1.29 is 4.52 Å². The fraction of sp³-hybridized carbons (Fsp3) is 0.167. The Hall–Kier alpha value is -1.45. The molecule has 0 radical (unpaired) electrons. The standard InChI is InChI=1S/C6H5N3O/c1-4-2-7-6-5(4)10-9-3-8-6/h2-3H,1H3. The number of rotatable bonds is 0. The Morgan fingerprint density at radius 3 is 3.10 bits per heavy atom. The van der Waals surface area contributed by atoms with Crippen molar-refractivity contribution in [2.45, 2.75) is 6.92 Å². The highest BCUT2D eigenvalue weighted by Gasteiger charge is 2.10. The Labute approximate surface area is 57.2 Å². The fourth-order valence-corrected chi connectivity index (χ4v) is 0.811. The summed E-state index contributed by atoms with van der Waals surface area (Å²) in [6.45, 7) is 1.90. The van der Waals surface area contributed by atoms with Gasteiger partial charge in [0.1, 0.15) is 0 Å². The molecule has 0 saturated carbocycles. The largest absolute Gasteiger partial charge is 0.351 e. The van der Waals surface area contributed by atoms with E-state index in [9.17, 15) is 0 Å². The highest BCUT2D eigenvalue weighted by atomic mass is 16.5. The zero-order valence-electron chi connectivity index (χ0n) is 5.40. The van der Waals surface area contributed by atoms with Gasteiger partial charge >= 0.3 is 0 Å². The summed E-state index contributed by atoms with van der Waals surface area (Å²) < 4.78 is 4.91. The second-order valence-corrected chi connectivity index (χ2v) is 2.04. The molecular formula is C6H5N3O. The molecular weight excluding hydrogens is 130 g/mol. The van der Waals surface area contributed by atoms with Crippen LogP contribution in [0.3, 0.4) is 0 Å². The summed E-state index contributed by atoms with van der Waals surface area (Å²) >= 11 is 0. The van der Waals surface area contributed by atoms with Crippen molar-refractivity contribution in [1.82, 2.24) is 15.1 Å². The summed E-state index contributed by atoms with van der Waals surface area (Å²) in [5.74, 6) is 1.29. The molecule has 0 aromatic rings. The van der Waals surface area contributed by atoms with Crippen molar-refractivity contribution in [3.8, 4) is 11.6 Å². The number of fused-ring (bicyclic) bond motifs is 1. The van der Waals surface area contributed by atoms with E-state index in [1.807, 2.05) is 6.92 Å². The third-order valence-corrected chi connectivity index (χ3v) is 1.31. The lowest BCUT2D eigenvalue weighted by atomic mass is 10.3. The molecule has 4 nitrogen and oxygen atoms in total. The number of hydrogen-bond acceptors (Lipinski definition) is 4. The van der Waals surface area contributed by atoms with E-state index < -0.39 is 0 Å². The van der Waals surface area contributed by atoms with E-state index in [2.05, 4.69) is 15.1 Å². The molecule has 0 aromatic heterocycles. The van der Waals surface area contributed by atoms with Gasteiger partial charge in [-0.05, 0) is 6.92 Å². The van der Waals surface area contributed by atoms with Gasteiger partial charge in [-0.2, -0.15) is 0 Å². The Bertz CT molecular complexity index is 317. The first-order chi connectivity index (χ1) is 4.88. The van der Waals surface area contributed by atoms with Crippen LogP contribution in [0, 0.1) is 6.92 Å². The van der Waals surface area contributed by atoms with Crippen LogP contribution in [0.25, 0.3) is 11.6 Å². The molecule has 2 aliphatic rings. The quantitative estimate of drug-likeness (QED) is 0.538. The van der Waals surface area contributed by atoms with Gasteiger partial charge in [0.25, 0.3) is 0 Å². The zero-order valence-corrected chi connectivity index (χ0v) is 5.40. The SMILES string of the molecule is Cc1cnc2ncnoc1-2. The van der Waals surface area contributed by atoms with E-state index in [1.54, 1.807) is 6.20 Å². The molecule has 50 valence electrons. The average Bonchev–Trinajstić information content (AvgIpc) is 2.34. The van der Waals surface area contributed by atoms with Crippen LogP contribution < -0.4 is 0 Å². The number of aryl methyl sites for hydroxylation is 1. The molecule has 2 aliphatic heterocycles. The van der Waals surface area contributed by atoms with E-state index >= 15 is 0 Å². The molecule has 2 rings (SSSR count). The van der Waals surface area contributed by atoms with Crippen LogP contribution >= 0.6 is 0 Å². The van der Waals surface area contributed by atoms with Gasteiger partial charge in [-0.25, -0.2) is 9.97 Å². The van der Waals surface area contributed by atoms with Crippen molar-refractivity contribution in [2.75, 3.05) is 0 Å². The molecule has 0 N–H and O–H groups in total. The Balaban J connectivity index is 2.78. The highest BCUT2D eigenvalue weighted by molar-refractivity contribution is 5.52. The Morgan fingerprint density at radius 2 is 2.30 bits per heavy atom. The molecule has 0 aromatic carbocycles. The third-order valence-electron chi connectivity index (χ3n) is 1.31. The van der Waals surface area contributed by atoms with Gasteiger partial charge in [0, 0.05) is 11.8 Å². The van der Waals surface area contributed by atoms with Crippen LogP contribution in [0.4, 0.5) is 0 Å². The number of aromatic nitrogens is 3. The summed E-state index contributed by atoms with van der Waals surface area (Å²) in [6.07, 6.45) is 3.05. The minimum absolute atomic E-state index is 0.618. The van der Waals surface area contributed by atoms with Gasteiger partial charge in [-0.1, -0.05) is 5.16 Å². The van der Waals surface area contributed by atoms with Crippen molar-refractivity contribution in [3.05, 3.63) is 18.1 Å². The van der Waals surface area contributed by atoms with Gasteiger partial charge in [0.2, 0.25) is 5.76 Å². The fourth-order valence-electron chi connectivity index (χ4n) is 0.811. The lowest BCUT2D eigenvalue weighted by Gasteiger charge is -1.90. The van der Waals surface area contributed by atoms with Crippen LogP contribution in [0.1, 0.15) is 5.56 Å². The lowest BCUT2D eigenvalue weighted by molar-refractivity contribution is 0.402. The van der Waals surface area contributed by atoms with Crippen LogP contribution in [0.15, 0.2) is 17.0 Å². The molecule has 0 unspecified atom stereocenters. The second kappa shape index (κ2) is 1.76. The van der Waals surface area contributed by atoms with Gasteiger partial charge in [-0.3, -0.25) is 0 Å². The first-order valence-corrected chi connectivity index (χ1v) is 2.90. The van der Waals surface area contributed by atoms with Crippen molar-refractivity contribution >= 4 is 0 Å². The molecule has 2 heterocycles. The predicted molar refractivity (Wildman–Crippen MR) is 33.5 cm³/mol. The number of hydrogen-bond donors (Lipinski definition) is 0. The maximum absolute atomic E-state index is 4.91. The van der Waals surface area contributed by atoms with E-state index in [-0.39, 0.29) is 0 Å². The Morgan fingerprint density at radius 1 is 1.40 bits per heavy atom. The summed E-state index contributed by atoms with van der Waals surface area (Å²) in [5.41, 5.74) is 0.968. The van der Waals surface area contributed by atoms with Crippen LogP contribution in [-0.4, -0.2) is 15.1 Å². The third kappa shape index (κ3) is 0.586. The first kappa shape index (κ1) is 5.34. The normalized spacial score (nSPS) is 10.5. The summed E-state index contributed by atoms with van der Waals surface area (Å²) in [6, 6.07) is 0. The molecule has 4 heteroatoms. The van der Waals surface area contributed by atoms with Gasteiger partial charge < -0.3 is 4.52 Å². The average molecular weight is 135 g/mol. The minimum atomic E-state index is 0.618. The molecule has 0 bridgehead atoms. The molecule has 10 heavy (non-hydrogen) atoms. The van der Waals surface area contributed by atoms with Crippen molar-refractivity contribution in [1.29, 1.82) is 0 Å². The zero-order chi connectivity index (χ0) is 6.97. The maximum Gasteiger partial charge on any atom is 0.206 e. The molecule has 0 aliphatic carbocycles. The molecule has 0 atom stereocenters. The molecule has 0 fully saturated rings. The Kier molecular flexibility index (Phi) is 0.943. The van der Waals surface area contributed by atoms with Gasteiger partial charge in [-0.15, -0.1) is 0 Å². The monoisotopic (exact) mass is 135 g/mol. The van der Waals surface area contributed by atoms with Crippen LogP contribution in [0.5, 0.6) is 0 Å². The van der Waals surface area contributed by atoms with Crippen molar-refractivity contribution in [2.24, 2.45) is 0 Å². The second-order valence-electron chi connectivity index (χ2n) is 2.04. The van der Waals surface area contributed by atoms with Crippen molar-refractivity contribution in [3.63, 3.8) is 0 Å². The van der Waals surface area contributed by atoms with E-state index in [0.717, 1.165) is 5.56 Å². The minimum Gasteiger partial charge on any atom is -0.351 e. The van der Waals surface area contributed by atoms with Crippen LogP contribution in [0.2, 0.25) is 0 Å². The summed E-state index contributed by atoms with van der Waals surface area (Å²) in [7, 11) is 0. The topological polar surface area (TPSA) is 51.8 Å². The summed E-state index contributed by atoms with van der Waals surface area (Å²) in [4.78, 5) is 7.86. The van der Waals surface area contributed by atoms with E-state index in [4.69, 9.17) is 4.52 Å². The van der Waals surface area contributed by atoms with E-state index in [0.29, 0.717) is 11.6 Å². The van der Waals surface area contributed by atoms with Gasteiger partial charge in [0.05, 0.1) is 0 Å². The smallest absolute Gasteiger partial charge is 0.206 e. The molecule has 0 spiro atoms. The van der Waals surface area contributed by atoms with E-state index in [1.165, 1.54) is 6.33 Å². The lowest BCUT2D eigenvalue weighted by Crippen LogP contribution is -1.84. The summed E-state index contributed by atoms with van der Waals surface area (Å²) in [5, 5.41) is 3.52. The molecule has 0 saturated heterocycles. The van der Waals surface area contributed by atoms with Crippen LogP contribution in [-0.2, 0) is 0 Å². The molecule has 0 amide bonds. The first-order valence-electron chi connectivity index (χ1n) is 2.90.